The summed E-state index contributed by atoms with van der Waals surface area (Å²) >= 11 is 0. The maximum Gasteiger partial charge on any atom is 0.312 e. The lowest BCUT2D eigenvalue weighted by atomic mass is 10.2. The minimum Gasteiger partial charge on any atom is -0.391 e. The van der Waals surface area contributed by atoms with Gasteiger partial charge in [0.1, 0.15) is 0 Å². The maximum atomic E-state index is 11.6. The number of hydrogen-bond donors (Lipinski definition) is 1. The summed E-state index contributed by atoms with van der Waals surface area (Å²) < 4.78 is 0. The Kier molecular flexibility index (Phi) is 4.08. The van der Waals surface area contributed by atoms with Gasteiger partial charge in [0, 0.05) is 26.2 Å². The second-order valence-electron chi connectivity index (χ2n) is 3.70. The Hall–Kier alpha value is -1.10. The molecule has 1 rings (SSSR count). The lowest BCUT2D eigenvalue weighted by molar-refractivity contribution is -0.156. The molecule has 0 bridgehead atoms. The van der Waals surface area contributed by atoms with Crippen LogP contribution in [0.5, 0.6) is 0 Å². The van der Waals surface area contributed by atoms with Crippen LogP contribution in [-0.2, 0) is 9.59 Å². The molecule has 0 spiro atoms. The Labute approximate surface area is 89.7 Å². The summed E-state index contributed by atoms with van der Waals surface area (Å²) in [5.74, 6) is -0.942. The minimum atomic E-state index is -0.532. The summed E-state index contributed by atoms with van der Waals surface area (Å²) in [6.07, 6.45) is 0.0602. The number of β-amino-alcohol motifs (C(OH)–C–C–N with tert-alkyl or cyclic N) is 1. The zero-order valence-corrected chi connectivity index (χ0v) is 9.27. The lowest BCUT2D eigenvalue weighted by Crippen LogP contribution is -2.55. The van der Waals surface area contributed by atoms with Gasteiger partial charge in [-0.05, 0) is 13.3 Å². The van der Waals surface area contributed by atoms with Gasteiger partial charge in [0.2, 0.25) is 0 Å². The molecular weight excluding hydrogens is 196 g/mol. The van der Waals surface area contributed by atoms with Crippen LogP contribution in [0.3, 0.4) is 0 Å². The molecule has 15 heavy (non-hydrogen) atoms. The largest absolute Gasteiger partial charge is 0.391 e. The molecule has 1 unspecified atom stereocenters. The van der Waals surface area contributed by atoms with Crippen LogP contribution in [0.4, 0.5) is 0 Å². The van der Waals surface area contributed by atoms with Gasteiger partial charge in [0.15, 0.2) is 0 Å². The number of aliphatic hydroxyl groups is 1. The molecule has 0 aromatic heterocycles. The smallest absolute Gasteiger partial charge is 0.312 e. The highest BCUT2D eigenvalue weighted by molar-refractivity contribution is 6.35. The van der Waals surface area contributed by atoms with E-state index < -0.39 is 17.9 Å². The standard InChI is InChI=1S/C10H18N2O3/c1-3-8(13)7-12-6-5-11(4-2)9(14)10(12)15/h8,13H,3-7H2,1-2H3. The summed E-state index contributed by atoms with van der Waals surface area (Å²) in [5, 5.41) is 9.42. The molecule has 5 heteroatoms. The molecule has 0 aliphatic carbocycles. The molecule has 1 aliphatic heterocycles. The Bertz CT molecular complexity index is 255. The predicted molar refractivity (Wildman–Crippen MR) is 55.1 cm³/mol. The quantitative estimate of drug-likeness (QED) is 0.639. The fourth-order valence-corrected chi connectivity index (χ4v) is 1.57. The van der Waals surface area contributed by atoms with E-state index in [1.807, 2.05) is 13.8 Å². The molecule has 0 radical (unpaired) electrons. The average molecular weight is 214 g/mol. The Morgan fingerprint density at radius 3 is 2.27 bits per heavy atom. The van der Waals surface area contributed by atoms with E-state index in [9.17, 15) is 14.7 Å². The zero-order chi connectivity index (χ0) is 11.4. The average Bonchev–Trinajstić information content (AvgIpc) is 2.25. The van der Waals surface area contributed by atoms with E-state index in [-0.39, 0.29) is 6.54 Å². The number of nitrogens with zero attached hydrogens (tertiary/aromatic N) is 2. The molecule has 5 nitrogen and oxygen atoms in total. The molecule has 1 fully saturated rings. The normalized spacial score (nSPS) is 19.7. The van der Waals surface area contributed by atoms with Crippen LogP contribution >= 0.6 is 0 Å². The van der Waals surface area contributed by atoms with Gasteiger partial charge in [-0.3, -0.25) is 9.59 Å². The van der Waals surface area contributed by atoms with Gasteiger partial charge in [0.05, 0.1) is 6.10 Å². The summed E-state index contributed by atoms with van der Waals surface area (Å²) in [7, 11) is 0. The Morgan fingerprint density at radius 2 is 1.73 bits per heavy atom. The molecule has 1 heterocycles. The van der Waals surface area contributed by atoms with Crippen molar-refractivity contribution in [2.24, 2.45) is 0 Å². The monoisotopic (exact) mass is 214 g/mol. The number of rotatable bonds is 4. The predicted octanol–water partition coefficient (Wildman–Crippen LogP) is -0.552. The summed E-state index contributed by atoms with van der Waals surface area (Å²) in [6, 6.07) is 0. The summed E-state index contributed by atoms with van der Waals surface area (Å²) in [4.78, 5) is 26.0. The fraction of sp³-hybridized carbons (Fsp3) is 0.800. The van der Waals surface area contributed by atoms with Gasteiger partial charge in [-0.2, -0.15) is 0 Å². The van der Waals surface area contributed by atoms with E-state index in [4.69, 9.17) is 0 Å². The van der Waals surface area contributed by atoms with Gasteiger partial charge >= 0.3 is 11.8 Å². The van der Waals surface area contributed by atoms with Crippen molar-refractivity contribution in [2.75, 3.05) is 26.2 Å². The number of amides is 2. The highest BCUT2D eigenvalue weighted by Gasteiger charge is 2.31. The van der Waals surface area contributed by atoms with Crippen molar-refractivity contribution in [2.45, 2.75) is 26.4 Å². The van der Waals surface area contributed by atoms with Crippen LogP contribution in [-0.4, -0.2) is 59.0 Å². The van der Waals surface area contributed by atoms with E-state index in [0.29, 0.717) is 26.1 Å². The van der Waals surface area contributed by atoms with E-state index >= 15 is 0 Å². The van der Waals surface area contributed by atoms with Crippen LogP contribution in [0.1, 0.15) is 20.3 Å². The topological polar surface area (TPSA) is 60.9 Å². The third kappa shape index (κ3) is 2.68. The van der Waals surface area contributed by atoms with Gasteiger partial charge < -0.3 is 14.9 Å². The van der Waals surface area contributed by atoms with Crippen molar-refractivity contribution in [1.82, 2.24) is 9.80 Å². The maximum absolute atomic E-state index is 11.6. The van der Waals surface area contributed by atoms with E-state index in [2.05, 4.69) is 0 Å². The Morgan fingerprint density at radius 1 is 1.20 bits per heavy atom. The van der Waals surface area contributed by atoms with E-state index in [1.165, 1.54) is 9.80 Å². The van der Waals surface area contributed by atoms with E-state index in [1.54, 1.807) is 0 Å². The van der Waals surface area contributed by atoms with Crippen LogP contribution < -0.4 is 0 Å². The van der Waals surface area contributed by atoms with Crippen LogP contribution in [0, 0.1) is 0 Å². The van der Waals surface area contributed by atoms with Gasteiger partial charge in [-0.15, -0.1) is 0 Å². The first-order chi connectivity index (χ1) is 7.10. The molecule has 1 saturated heterocycles. The van der Waals surface area contributed by atoms with Crippen molar-refractivity contribution in [1.29, 1.82) is 0 Å². The van der Waals surface area contributed by atoms with Gasteiger partial charge in [-0.25, -0.2) is 0 Å². The van der Waals surface area contributed by atoms with Crippen molar-refractivity contribution in [3.8, 4) is 0 Å². The number of piperazine rings is 1. The molecule has 1 aliphatic rings. The molecule has 1 N–H and O–H groups in total. The zero-order valence-electron chi connectivity index (χ0n) is 9.27. The number of carbonyl (C=O) groups excluding carboxylic acids is 2. The second-order valence-corrected chi connectivity index (χ2v) is 3.70. The third-order valence-corrected chi connectivity index (χ3v) is 2.68. The molecule has 0 saturated carbocycles. The molecule has 2 amide bonds. The van der Waals surface area contributed by atoms with Crippen molar-refractivity contribution in [3.05, 3.63) is 0 Å². The lowest BCUT2D eigenvalue weighted by Gasteiger charge is -2.33. The third-order valence-electron chi connectivity index (χ3n) is 2.68. The van der Waals surface area contributed by atoms with E-state index in [0.717, 1.165) is 0 Å². The second kappa shape index (κ2) is 5.11. The highest BCUT2D eigenvalue weighted by atomic mass is 16.3. The minimum absolute atomic E-state index is 0.263. The number of hydrogen-bond acceptors (Lipinski definition) is 3. The first-order valence-corrected chi connectivity index (χ1v) is 5.36. The first kappa shape index (κ1) is 12.0. The van der Waals surface area contributed by atoms with Gasteiger partial charge in [0.25, 0.3) is 0 Å². The number of likely N-dealkylation sites (N-methyl/N-ethyl adjacent to an activating group) is 1. The fourth-order valence-electron chi connectivity index (χ4n) is 1.57. The molecule has 86 valence electrons. The Balaban J connectivity index is 2.57. The molecule has 1 atom stereocenters. The first-order valence-electron chi connectivity index (χ1n) is 5.36. The van der Waals surface area contributed by atoms with Crippen LogP contribution in [0.15, 0.2) is 0 Å². The summed E-state index contributed by atoms with van der Waals surface area (Å²) in [6.45, 7) is 5.61. The van der Waals surface area contributed by atoms with Gasteiger partial charge in [-0.1, -0.05) is 6.92 Å². The number of carbonyl (C=O) groups is 2. The molecular formula is C10H18N2O3. The van der Waals surface area contributed by atoms with Crippen LogP contribution in [0.2, 0.25) is 0 Å². The highest BCUT2D eigenvalue weighted by Crippen LogP contribution is 2.06. The summed E-state index contributed by atoms with van der Waals surface area (Å²) in [5.41, 5.74) is 0. The van der Waals surface area contributed by atoms with Crippen molar-refractivity contribution >= 4 is 11.8 Å². The molecule has 0 aromatic carbocycles. The van der Waals surface area contributed by atoms with Crippen molar-refractivity contribution in [3.63, 3.8) is 0 Å². The van der Waals surface area contributed by atoms with Crippen molar-refractivity contribution < 1.29 is 14.7 Å². The van der Waals surface area contributed by atoms with Crippen LogP contribution in [0.25, 0.3) is 0 Å². The molecule has 0 aromatic rings. The SMILES string of the molecule is CCC(O)CN1CCN(CC)C(=O)C1=O. The number of aliphatic hydroxyl groups excluding tert-OH is 1.